The minimum absolute atomic E-state index is 0.0259. The molecule has 1 rings (SSSR count). The number of anilines is 1. The largest absolute Gasteiger partial charge is 0.478 e. The van der Waals surface area contributed by atoms with Gasteiger partial charge in [-0.05, 0) is 13.0 Å². The average Bonchev–Trinajstić information content (AvgIpc) is 2.45. The Balaban J connectivity index is 2.54. The summed E-state index contributed by atoms with van der Waals surface area (Å²) in [6, 6.07) is 0.829. The van der Waals surface area contributed by atoms with Crippen molar-refractivity contribution in [2.24, 2.45) is 0 Å². The van der Waals surface area contributed by atoms with Crippen LogP contribution in [-0.2, 0) is 9.53 Å². The molecule has 2 N–H and O–H groups in total. The van der Waals surface area contributed by atoms with Gasteiger partial charge in [-0.3, -0.25) is 9.78 Å². The van der Waals surface area contributed by atoms with Crippen LogP contribution in [0.4, 0.5) is 10.5 Å². The molecule has 0 aliphatic heterocycles. The molecule has 21 heavy (non-hydrogen) atoms. The Hall–Kier alpha value is -2.64. The fourth-order valence-corrected chi connectivity index (χ4v) is 1.44. The predicted molar refractivity (Wildman–Crippen MR) is 74.1 cm³/mol. The number of urea groups is 1. The zero-order valence-electron chi connectivity index (χ0n) is 11.8. The molecule has 0 saturated heterocycles. The Kier molecular flexibility index (Phi) is 6.12. The monoisotopic (exact) mass is 295 g/mol. The summed E-state index contributed by atoms with van der Waals surface area (Å²) in [4.78, 5) is 38.9. The van der Waals surface area contributed by atoms with Crippen LogP contribution in [0, 0.1) is 0 Å². The van der Waals surface area contributed by atoms with Crippen LogP contribution < -0.4 is 5.32 Å². The van der Waals surface area contributed by atoms with Crippen molar-refractivity contribution in [3.8, 4) is 0 Å². The van der Waals surface area contributed by atoms with Gasteiger partial charge in [0, 0.05) is 19.8 Å². The lowest BCUT2D eigenvalue weighted by molar-refractivity contribution is -0.143. The SMILES string of the molecule is CCOC(=O)CCN(C)C(=O)Nc1cncc(C(=O)O)c1. The van der Waals surface area contributed by atoms with Gasteiger partial charge in [-0.15, -0.1) is 0 Å². The summed E-state index contributed by atoms with van der Waals surface area (Å²) >= 11 is 0. The molecule has 0 aliphatic carbocycles. The number of amides is 2. The number of hydrogen-bond donors (Lipinski definition) is 2. The molecule has 2 amide bonds. The summed E-state index contributed by atoms with van der Waals surface area (Å²) in [7, 11) is 1.52. The molecule has 0 spiro atoms. The molecule has 0 atom stereocenters. The number of carbonyl (C=O) groups is 3. The minimum atomic E-state index is -1.13. The van der Waals surface area contributed by atoms with Crippen molar-refractivity contribution in [3.05, 3.63) is 24.0 Å². The molecule has 0 fully saturated rings. The van der Waals surface area contributed by atoms with Crippen molar-refractivity contribution in [3.63, 3.8) is 0 Å². The fraction of sp³-hybridized carbons (Fsp3) is 0.385. The van der Waals surface area contributed by atoms with Gasteiger partial charge < -0.3 is 20.1 Å². The first kappa shape index (κ1) is 16.4. The van der Waals surface area contributed by atoms with E-state index in [1.807, 2.05) is 0 Å². The van der Waals surface area contributed by atoms with Crippen LogP contribution in [0.15, 0.2) is 18.5 Å². The molecular weight excluding hydrogens is 278 g/mol. The Morgan fingerprint density at radius 1 is 1.38 bits per heavy atom. The van der Waals surface area contributed by atoms with E-state index in [2.05, 4.69) is 10.3 Å². The van der Waals surface area contributed by atoms with Crippen LogP contribution in [0.5, 0.6) is 0 Å². The molecule has 1 aromatic heterocycles. The molecule has 0 aromatic carbocycles. The second-order valence-corrected chi connectivity index (χ2v) is 4.17. The highest BCUT2D eigenvalue weighted by Gasteiger charge is 2.12. The quantitative estimate of drug-likeness (QED) is 0.763. The van der Waals surface area contributed by atoms with Crippen molar-refractivity contribution >= 4 is 23.7 Å². The molecule has 0 unspecified atom stereocenters. The lowest BCUT2D eigenvalue weighted by Crippen LogP contribution is -2.33. The molecule has 0 radical (unpaired) electrons. The number of esters is 1. The van der Waals surface area contributed by atoms with E-state index in [1.54, 1.807) is 6.92 Å². The molecule has 1 heterocycles. The minimum Gasteiger partial charge on any atom is -0.478 e. The smallest absolute Gasteiger partial charge is 0.337 e. The molecule has 0 bridgehead atoms. The van der Waals surface area contributed by atoms with E-state index in [9.17, 15) is 14.4 Å². The van der Waals surface area contributed by atoms with Gasteiger partial charge >= 0.3 is 18.0 Å². The van der Waals surface area contributed by atoms with Crippen LogP contribution in [0.1, 0.15) is 23.7 Å². The van der Waals surface area contributed by atoms with Crippen LogP contribution >= 0.6 is 0 Å². The second-order valence-electron chi connectivity index (χ2n) is 4.17. The molecule has 114 valence electrons. The summed E-state index contributed by atoms with van der Waals surface area (Å²) in [5, 5.41) is 11.3. The highest BCUT2D eigenvalue weighted by Crippen LogP contribution is 2.09. The lowest BCUT2D eigenvalue weighted by atomic mass is 10.2. The van der Waals surface area contributed by atoms with Crippen LogP contribution in [0.3, 0.4) is 0 Å². The van der Waals surface area contributed by atoms with E-state index in [4.69, 9.17) is 9.84 Å². The van der Waals surface area contributed by atoms with Crippen molar-refractivity contribution < 1.29 is 24.2 Å². The summed E-state index contributed by atoms with van der Waals surface area (Å²) < 4.78 is 4.76. The van der Waals surface area contributed by atoms with E-state index in [0.717, 1.165) is 0 Å². The van der Waals surface area contributed by atoms with Crippen LogP contribution in [-0.4, -0.2) is 53.2 Å². The van der Waals surface area contributed by atoms with Crippen molar-refractivity contribution in [2.45, 2.75) is 13.3 Å². The van der Waals surface area contributed by atoms with E-state index in [0.29, 0.717) is 6.61 Å². The third-order valence-corrected chi connectivity index (χ3v) is 2.54. The topological polar surface area (TPSA) is 109 Å². The number of aromatic nitrogens is 1. The Morgan fingerprint density at radius 2 is 2.10 bits per heavy atom. The number of aromatic carboxylic acids is 1. The van der Waals surface area contributed by atoms with Gasteiger partial charge in [0.2, 0.25) is 0 Å². The summed E-state index contributed by atoms with van der Waals surface area (Å²) in [6.07, 6.45) is 2.61. The summed E-state index contributed by atoms with van der Waals surface area (Å²) in [5.41, 5.74) is 0.241. The molecule has 1 aromatic rings. The van der Waals surface area contributed by atoms with Crippen molar-refractivity contribution in [1.82, 2.24) is 9.88 Å². The number of rotatable bonds is 6. The molecule has 0 saturated carbocycles. The van der Waals surface area contributed by atoms with Crippen LogP contribution in [0.2, 0.25) is 0 Å². The van der Waals surface area contributed by atoms with Gasteiger partial charge in [-0.2, -0.15) is 0 Å². The molecular formula is C13H17N3O5. The standard InChI is InChI=1S/C13H17N3O5/c1-3-21-11(17)4-5-16(2)13(20)15-10-6-9(12(18)19)7-14-8-10/h6-8H,3-5H2,1-2H3,(H,15,20)(H,18,19). The first-order chi connectivity index (χ1) is 9.93. The fourth-order valence-electron chi connectivity index (χ4n) is 1.44. The van der Waals surface area contributed by atoms with Gasteiger partial charge in [0.25, 0.3) is 0 Å². The number of nitrogens with zero attached hydrogens (tertiary/aromatic N) is 2. The molecule has 8 heteroatoms. The van der Waals surface area contributed by atoms with Gasteiger partial charge in [0.05, 0.1) is 30.5 Å². The number of carbonyl (C=O) groups excluding carboxylic acids is 2. The Labute approximate surface area is 121 Å². The van der Waals surface area contributed by atoms with Gasteiger partial charge in [0.1, 0.15) is 0 Å². The number of carboxylic acid groups (broad SMARTS) is 1. The zero-order valence-corrected chi connectivity index (χ0v) is 11.8. The highest BCUT2D eigenvalue weighted by molar-refractivity contribution is 5.92. The van der Waals surface area contributed by atoms with E-state index in [-0.39, 0.29) is 30.2 Å². The maximum Gasteiger partial charge on any atom is 0.337 e. The predicted octanol–water partition coefficient (Wildman–Crippen LogP) is 1.20. The van der Waals surface area contributed by atoms with E-state index < -0.39 is 12.0 Å². The summed E-state index contributed by atoms with van der Waals surface area (Å²) in [6.45, 7) is 2.19. The Bertz CT molecular complexity index is 532. The number of carboxylic acids is 1. The van der Waals surface area contributed by atoms with E-state index in [1.165, 1.54) is 30.4 Å². The van der Waals surface area contributed by atoms with E-state index >= 15 is 0 Å². The van der Waals surface area contributed by atoms with Crippen molar-refractivity contribution in [1.29, 1.82) is 0 Å². The average molecular weight is 295 g/mol. The Morgan fingerprint density at radius 3 is 2.71 bits per heavy atom. The maximum atomic E-state index is 11.9. The number of pyridine rings is 1. The van der Waals surface area contributed by atoms with Gasteiger partial charge in [-0.25, -0.2) is 9.59 Å². The second kappa shape index (κ2) is 7.83. The third-order valence-electron chi connectivity index (χ3n) is 2.54. The van der Waals surface area contributed by atoms with Gasteiger partial charge in [0.15, 0.2) is 0 Å². The first-order valence-corrected chi connectivity index (χ1v) is 6.30. The molecule has 8 nitrogen and oxygen atoms in total. The van der Waals surface area contributed by atoms with Crippen LogP contribution in [0.25, 0.3) is 0 Å². The lowest BCUT2D eigenvalue weighted by Gasteiger charge is -2.17. The van der Waals surface area contributed by atoms with Gasteiger partial charge in [-0.1, -0.05) is 0 Å². The normalized spacial score (nSPS) is 9.81. The number of ether oxygens (including phenoxy) is 1. The number of hydrogen-bond acceptors (Lipinski definition) is 5. The highest BCUT2D eigenvalue weighted by atomic mass is 16.5. The summed E-state index contributed by atoms with van der Waals surface area (Å²) in [5.74, 6) is -1.51. The first-order valence-electron chi connectivity index (χ1n) is 6.30. The van der Waals surface area contributed by atoms with Crippen molar-refractivity contribution in [2.75, 3.05) is 25.5 Å². The molecule has 0 aliphatic rings. The number of nitrogens with one attached hydrogen (secondary N) is 1. The third kappa shape index (κ3) is 5.47. The zero-order chi connectivity index (χ0) is 15.8. The maximum absolute atomic E-state index is 11.9.